The van der Waals surface area contributed by atoms with E-state index in [1.54, 1.807) is 13.0 Å². The van der Waals surface area contributed by atoms with E-state index >= 15 is 0 Å². The number of rotatable bonds is 2. The van der Waals surface area contributed by atoms with Gasteiger partial charge in [0.2, 0.25) is 0 Å². The number of nitrogens with zero attached hydrogens (tertiary/aromatic N) is 1. The van der Waals surface area contributed by atoms with Crippen molar-refractivity contribution in [3.8, 4) is 0 Å². The first-order chi connectivity index (χ1) is 10.9. The second-order valence-corrected chi connectivity index (χ2v) is 6.45. The van der Waals surface area contributed by atoms with Gasteiger partial charge >= 0.3 is 6.18 Å². The summed E-state index contributed by atoms with van der Waals surface area (Å²) in [4.78, 5) is 1.97. The van der Waals surface area contributed by atoms with Gasteiger partial charge in [0.15, 0.2) is 0 Å². The molecule has 0 bridgehead atoms. The first kappa shape index (κ1) is 20.6. The molecule has 0 saturated carbocycles. The van der Waals surface area contributed by atoms with Crippen molar-refractivity contribution in [1.82, 2.24) is 5.32 Å². The van der Waals surface area contributed by atoms with Gasteiger partial charge in [0.1, 0.15) is 4.90 Å². The maximum absolute atomic E-state index is 11.4. The van der Waals surface area contributed by atoms with Crippen LogP contribution in [0, 0.1) is 6.92 Å². The Morgan fingerprint density at radius 2 is 1.75 bits per heavy atom. The molecule has 1 heterocycles. The quantitative estimate of drug-likeness (QED) is 0.537. The van der Waals surface area contributed by atoms with E-state index in [4.69, 9.17) is 5.11 Å². The van der Waals surface area contributed by atoms with Crippen molar-refractivity contribution >= 4 is 15.8 Å². The Morgan fingerprint density at radius 1 is 1.25 bits per heavy atom. The molecule has 1 unspecified atom stereocenters. The molecule has 3 N–H and O–H groups in total. The molecule has 2 rings (SSSR count). The molecule has 1 aromatic rings. The molecule has 1 aliphatic rings. The van der Waals surface area contributed by atoms with E-state index < -0.39 is 22.7 Å². The van der Waals surface area contributed by atoms with Crippen molar-refractivity contribution in [3.63, 3.8) is 0 Å². The SMILES string of the molecule is Cc1ccc(N2CCNCC2)c(S(=O)(=O)O)c1.OC(F)C(F)(F)F. The molecule has 138 valence electrons. The van der Waals surface area contributed by atoms with Gasteiger partial charge in [0.05, 0.1) is 5.69 Å². The molecule has 0 aromatic heterocycles. The van der Waals surface area contributed by atoms with E-state index in [-0.39, 0.29) is 4.90 Å². The van der Waals surface area contributed by atoms with Crippen LogP contribution in [0.15, 0.2) is 23.1 Å². The summed E-state index contributed by atoms with van der Waals surface area (Å²) in [6.45, 7) is 4.92. The van der Waals surface area contributed by atoms with Crippen LogP contribution in [0.5, 0.6) is 0 Å². The molecule has 0 aliphatic carbocycles. The minimum Gasteiger partial charge on any atom is -0.368 e. The van der Waals surface area contributed by atoms with Gasteiger partial charge in [0, 0.05) is 26.2 Å². The maximum Gasteiger partial charge on any atom is 0.444 e. The zero-order chi connectivity index (χ0) is 18.5. The molecule has 24 heavy (non-hydrogen) atoms. The second kappa shape index (κ2) is 8.10. The second-order valence-electron chi connectivity index (χ2n) is 5.06. The number of alkyl halides is 4. The lowest BCUT2D eigenvalue weighted by atomic mass is 10.2. The number of aliphatic hydroxyl groups excluding tert-OH is 1. The average molecular weight is 374 g/mol. The van der Waals surface area contributed by atoms with Crippen LogP contribution in [0.25, 0.3) is 0 Å². The van der Waals surface area contributed by atoms with E-state index in [1.165, 1.54) is 6.07 Å². The normalized spacial score (nSPS) is 17.0. The van der Waals surface area contributed by atoms with Crippen LogP contribution in [-0.4, -0.2) is 56.8 Å². The standard InChI is InChI=1S/C11H16N2O3S.C2H2F4O/c1-9-2-3-10(11(8-9)17(14,15)16)13-6-4-12-5-7-13;3-1(7)2(4,5)6/h2-3,8,12H,4-7H2,1H3,(H,14,15,16);1,7H. The van der Waals surface area contributed by atoms with E-state index in [2.05, 4.69) is 5.32 Å². The highest BCUT2D eigenvalue weighted by Crippen LogP contribution is 2.26. The minimum atomic E-state index is -5.11. The summed E-state index contributed by atoms with van der Waals surface area (Å²) in [5, 5.41) is 10.3. The van der Waals surface area contributed by atoms with Crippen LogP contribution in [0.1, 0.15) is 5.56 Å². The summed E-state index contributed by atoms with van der Waals surface area (Å²) in [6.07, 6.45) is -8.81. The third-order valence-corrected chi connectivity index (χ3v) is 4.00. The van der Waals surface area contributed by atoms with Crippen LogP contribution < -0.4 is 10.2 Å². The molecular weight excluding hydrogens is 356 g/mol. The Morgan fingerprint density at radius 3 is 2.17 bits per heavy atom. The predicted molar refractivity (Wildman–Crippen MR) is 79.2 cm³/mol. The summed E-state index contributed by atoms with van der Waals surface area (Å²) >= 11 is 0. The molecule has 11 heteroatoms. The van der Waals surface area contributed by atoms with Gasteiger partial charge < -0.3 is 15.3 Å². The fraction of sp³-hybridized carbons (Fsp3) is 0.538. The lowest BCUT2D eigenvalue weighted by Crippen LogP contribution is -2.44. The zero-order valence-corrected chi connectivity index (χ0v) is 13.5. The maximum atomic E-state index is 11.4. The number of halogens is 4. The molecule has 0 amide bonds. The van der Waals surface area contributed by atoms with Crippen LogP contribution in [-0.2, 0) is 10.1 Å². The van der Waals surface area contributed by atoms with Crippen LogP contribution in [0.4, 0.5) is 23.2 Å². The highest BCUT2D eigenvalue weighted by molar-refractivity contribution is 7.86. The first-order valence-corrected chi connectivity index (χ1v) is 8.29. The van der Waals surface area contributed by atoms with Gasteiger partial charge in [-0.1, -0.05) is 6.07 Å². The number of nitrogens with one attached hydrogen (secondary N) is 1. The van der Waals surface area contributed by atoms with Crippen molar-refractivity contribution in [3.05, 3.63) is 23.8 Å². The van der Waals surface area contributed by atoms with Crippen LogP contribution >= 0.6 is 0 Å². The number of hydrogen-bond donors (Lipinski definition) is 3. The van der Waals surface area contributed by atoms with Gasteiger partial charge in [0.25, 0.3) is 16.5 Å². The van der Waals surface area contributed by atoms with Crippen molar-refractivity contribution in [1.29, 1.82) is 0 Å². The van der Waals surface area contributed by atoms with Crippen molar-refractivity contribution < 1.29 is 35.6 Å². The summed E-state index contributed by atoms with van der Waals surface area (Å²) in [5.41, 5.74) is 1.40. The van der Waals surface area contributed by atoms with Crippen LogP contribution in [0.2, 0.25) is 0 Å². The summed E-state index contributed by atoms with van der Waals surface area (Å²) in [7, 11) is -4.17. The Balaban J connectivity index is 0.000000351. The van der Waals surface area contributed by atoms with Gasteiger partial charge in [-0.2, -0.15) is 21.6 Å². The summed E-state index contributed by atoms with van der Waals surface area (Å²) in [6, 6.07) is 5.11. The average Bonchev–Trinajstić information content (AvgIpc) is 2.47. The van der Waals surface area contributed by atoms with Gasteiger partial charge in [-0.15, -0.1) is 0 Å². The molecular formula is C13H18F4N2O4S. The molecule has 1 saturated heterocycles. The monoisotopic (exact) mass is 374 g/mol. The molecule has 1 fully saturated rings. The largest absolute Gasteiger partial charge is 0.444 e. The lowest BCUT2D eigenvalue weighted by molar-refractivity contribution is -0.246. The third kappa shape index (κ3) is 6.23. The van der Waals surface area contributed by atoms with E-state index in [1.807, 2.05) is 11.0 Å². The van der Waals surface area contributed by atoms with Gasteiger partial charge in [-0.3, -0.25) is 4.55 Å². The highest BCUT2D eigenvalue weighted by Gasteiger charge is 2.38. The number of hydrogen-bond acceptors (Lipinski definition) is 5. The smallest absolute Gasteiger partial charge is 0.368 e. The fourth-order valence-corrected chi connectivity index (χ4v) is 2.79. The highest BCUT2D eigenvalue weighted by atomic mass is 32.2. The fourth-order valence-electron chi connectivity index (χ4n) is 1.99. The number of benzene rings is 1. The van der Waals surface area contributed by atoms with E-state index in [0.29, 0.717) is 5.69 Å². The van der Waals surface area contributed by atoms with E-state index in [0.717, 1.165) is 31.7 Å². The molecule has 1 aliphatic heterocycles. The third-order valence-electron chi connectivity index (χ3n) is 3.12. The number of aryl methyl sites for hydroxylation is 1. The zero-order valence-electron chi connectivity index (χ0n) is 12.7. The predicted octanol–water partition coefficient (Wildman–Crippen LogP) is 1.49. The number of anilines is 1. The Labute approximate surface area is 136 Å². The van der Waals surface area contributed by atoms with E-state index in [9.17, 15) is 30.5 Å². The van der Waals surface area contributed by atoms with Gasteiger partial charge in [-0.25, -0.2) is 4.39 Å². The van der Waals surface area contributed by atoms with Crippen LogP contribution in [0.3, 0.4) is 0 Å². The molecule has 1 aromatic carbocycles. The Bertz CT molecular complexity index is 644. The number of piperazine rings is 1. The first-order valence-electron chi connectivity index (χ1n) is 6.85. The molecule has 1 atom stereocenters. The van der Waals surface area contributed by atoms with Gasteiger partial charge in [-0.05, 0) is 24.6 Å². The van der Waals surface area contributed by atoms with Crippen molar-refractivity contribution in [2.24, 2.45) is 0 Å². The Kier molecular flexibility index (Phi) is 6.96. The van der Waals surface area contributed by atoms with Crippen molar-refractivity contribution in [2.75, 3.05) is 31.1 Å². The number of aliphatic hydroxyl groups is 1. The minimum absolute atomic E-state index is 0.000556. The molecule has 0 radical (unpaired) electrons. The summed E-state index contributed by atoms with van der Waals surface area (Å²) in [5.74, 6) is 0. The molecule has 0 spiro atoms. The lowest BCUT2D eigenvalue weighted by Gasteiger charge is -2.30. The van der Waals surface area contributed by atoms with Crippen molar-refractivity contribution in [2.45, 2.75) is 24.4 Å². The molecule has 6 nitrogen and oxygen atoms in total. The topological polar surface area (TPSA) is 89.9 Å². The summed E-state index contributed by atoms with van der Waals surface area (Å²) < 4.78 is 74.3. The Hall–Kier alpha value is -1.43.